The Morgan fingerprint density at radius 3 is 2.65 bits per heavy atom. The first-order valence-corrected chi connectivity index (χ1v) is 9.13. The Balaban J connectivity index is 1.70. The van der Waals surface area contributed by atoms with Crippen LogP contribution in [0.5, 0.6) is 0 Å². The predicted molar refractivity (Wildman–Crippen MR) is 105 cm³/mol. The quantitative estimate of drug-likeness (QED) is 0.747. The van der Waals surface area contributed by atoms with Crippen molar-refractivity contribution < 1.29 is 0 Å². The summed E-state index contributed by atoms with van der Waals surface area (Å²) in [5.41, 5.74) is 3.98. The van der Waals surface area contributed by atoms with Gasteiger partial charge < -0.3 is 10.6 Å². The number of anilines is 2. The minimum Gasteiger partial charge on any atom is -0.340 e. The lowest BCUT2D eigenvalue weighted by Gasteiger charge is -2.22. The third-order valence-corrected chi connectivity index (χ3v) is 4.66. The molecule has 0 spiro atoms. The Kier molecular flexibility index (Phi) is 4.88. The number of nitrogens with one attached hydrogen (secondary N) is 2. The van der Waals surface area contributed by atoms with Crippen LogP contribution in [0.4, 0.5) is 11.5 Å². The summed E-state index contributed by atoms with van der Waals surface area (Å²) >= 11 is 0. The molecule has 4 rings (SSSR count). The fourth-order valence-electron chi connectivity index (χ4n) is 3.21. The van der Waals surface area contributed by atoms with Crippen molar-refractivity contribution >= 4 is 11.5 Å². The van der Waals surface area contributed by atoms with Crippen LogP contribution in [-0.4, -0.2) is 28.0 Å². The van der Waals surface area contributed by atoms with Gasteiger partial charge in [0, 0.05) is 30.4 Å². The van der Waals surface area contributed by atoms with Gasteiger partial charge in [-0.1, -0.05) is 23.8 Å². The second kappa shape index (κ2) is 7.62. The molecule has 1 saturated heterocycles. The Labute approximate surface area is 153 Å². The van der Waals surface area contributed by atoms with Gasteiger partial charge >= 0.3 is 0 Å². The molecule has 1 aliphatic heterocycles. The molecule has 2 aromatic heterocycles. The molecule has 1 fully saturated rings. The van der Waals surface area contributed by atoms with Gasteiger partial charge in [0.05, 0.1) is 11.4 Å². The molecule has 5 heteroatoms. The molecule has 0 amide bonds. The maximum atomic E-state index is 4.83. The maximum absolute atomic E-state index is 4.83. The molecule has 5 nitrogen and oxygen atoms in total. The number of aromatic nitrogens is 3. The van der Waals surface area contributed by atoms with E-state index in [-0.39, 0.29) is 0 Å². The van der Waals surface area contributed by atoms with E-state index in [4.69, 9.17) is 9.97 Å². The minimum absolute atomic E-state index is 0.339. The van der Waals surface area contributed by atoms with Crippen molar-refractivity contribution in [2.45, 2.75) is 25.7 Å². The van der Waals surface area contributed by atoms with E-state index in [0.29, 0.717) is 5.92 Å². The highest BCUT2D eigenvalue weighted by atomic mass is 15.0. The van der Waals surface area contributed by atoms with E-state index in [2.05, 4.69) is 46.8 Å². The van der Waals surface area contributed by atoms with Crippen LogP contribution >= 0.6 is 0 Å². The lowest BCUT2D eigenvalue weighted by molar-refractivity contribution is 0.447. The van der Waals surface area contributed by atoms with Crippen molar-refractivity contribution in [2.24, 2.45) is 0 Å². The molecular weight excluding hydrogens is 322 g/mol. The van der Waals surface area contributed by atoms with Crippen molar-refractivity contribution in [3.05, 3.63) is 66.1 Å². The van der Waals surface area contributed by atoms with Gasteiger partial charge in [-0.15, -0.1) is 0 Å². The first kappa shape index (κ1) is 16.7. The number of pyridine rings is 1. The summed E-state index contributed by atoms with van der Waals surface area (Å²) in [6, 6.07) is 16.2. The van der Waals surface area contributed by atoms with Gasteiger partial charge in [0.25, 0.3) is 0 Å². The molecule has 1 aromatic carbocycles. The van der Waals surface area contributed by atoms with Crippen LogP contribution in [-0.2, 0) is 0 Å². The molecule has 1 atom stereocenters. The summed E-state index contributed by atoms with van der Waals surface area (Å²) in [5, 5.41) is 6.87. The highest BCUT2D eigenvalue weighted by Gasteiger charge is 2.20. The lowest BCUT2D eigenvalue weighted by atomic mass is 9.98. The Hall–Kier alpha value is -2.79. The van der Waals surface area contributed by atoms with Gasteiger partial charge in [0.15, 0.2) is 0 Å². The van der Waals surface area contributed by atoms with E-state index in [9.17, 15) is 0 Å². The number of rotatable bonds is 4. The Morgan fingerprint density at radius 1 is 1.04 bits per heavy atom. The van der Waals surface area contributed by atoms with E-state index < -0.39 is 0 Å². The van der Waals surface area contributed by atoms with Crippen LogP contribution in [0.25, 0.3) is 11.4 Å². The zero-order valence-electron chi connectivity index (χ0n) is 14.9. The molecule has 0 bridgehead atoms. The van der Waals surface area contributed by atoms with Crippen LogP contribution in [0, 0.1) is 6.92 Å². The van der Waals surface area contributed by atoms with Crippen molar-refractivity contribution in [3.63, 3.8) is 0 Å². The third kappa shape index (κ3) is 3.89. The van der Waals surface area contributed by atoms with Crippen molar-refractivity contribution in [2.75, 3.05) is 18.4 Å². The van der Waals surface area contributed by atoms with Crippen LogP contribution in [0.2, 0.25) is 0 Å². The van der Waals surface area contributed by atoms with Gasteiger partial charge in [0.2, 0.25) is 0 Å². The molecule has 0 radical (unpaired) electrons. The number of benzene rings is 1. The summed E-state index contributed by atoms with van der Waals surface area (Å²) in [6.45, 7) is 4.09. The van der Waals surface area contributed by atoms with E-state index in [0.717, 1.165) is 54.6 Å². The van der Waals surface area contributed by atoms with E-state index in [1.165, 1.54) is 5.56 Å². The largest absolute Gasteiger partial charge is 0.340 e. The van der Waals surface area contributed by atoms with Gasteiger partial charge in [-0.25, -0.2) is 9.97 Å². The smallest absolute Gasteiger partial charge is 0.135 e. The molecule has 3 heterocycles. The second-order valence-electron chi connectivity index (χ2n) is 6.75. The average molecular weight is 345 g/mol. The molecule has 3 aromatic rings. The number of hydrogen-bond donors (Lipinski definition) is 2. The fraction of sp³-hybridized carbons (Fsp3) is 0.286. The van der Waals surface area contributed by atoms with Crippen molar-refractivity contribution in [3.8, 4) is 11.4 Å². The zero-order chi connectivity index (χ0) is 17.8. The van der Waals surface area contributed by atoms with E-state index in [1.54, 1.807) is 6.20 Å². The van der Waals surface area contributed by atoms with Crippen molar-refractivity contribution in [1.29, 1.82) is 0 Å². The molecule has 0 aliphatic carbocycles. The molecule has 1 aliphatic rings. The van der Waals surface area contributed by atoms with Crippen molar-refractivity contribution in [1.82, 2.24) is 20.3 Å². The molecule has 132 valence electrons. The lowest BCUT2D eigenvalue weighted by Crippen LogP contribution is -2.29. The van der Waals surface area contributed by atoms with Crippen LogP contribution in [0.15, 0.2) is 54.7 Å². The number of aryl methyl sites for hydroxylation is 1. The maximum Gasteiger partial charge on any atom is 0.135 e. The first-order valence-electron chi connectivity index (χ1n) is 9.13. The molecule has 26 heavy (non-hydrogen) atoms. The standard InChI is InChI=1S/C21H23N5/c1-15-7-9-17(10-8-15)24-20-13-19(18-6-2-3-12-23-18)25-21(26-20)16-5-4-11-22-14-16/h2-3,6-10,12-13,16,22H,4-5,11,14H2,1H3,(H,24,25,26). The number of piperidine rings is 1. The normalized spacial score (nSPS) is 17.0. The zero-order valence-corrected chi connectivity index (χ0v) is 14.9. The monoisotopic (exact) mass is 345 g/mol. The van der Waals surface area contributed by atoms with Crippen LogP contribution in [0.3, 0.4) is 0 Å². The van der Waals surface area contributed by atoms with Crippen LogP contribution < -0.4 is 10.6 Å². The van der Waals surface area contributed by atoms with E-state index >= 15 is 0 Å². The third-order valence-electron chi connectivity index (χ3n) is 4.66. The van der Waals surface area contributed by atoms with Gasteiger partial charge in [-0.3, -0.25) is 4.98 Å². The SMILES string of the molecule is Cc1ccc(Nc2cc(-c3ccccn3)nc(C3CCCNC3)n2)cc1. The number of nitrogens with zero attached hydrogens (tertiary/aromatic N) is 3. The summed E-state index contributed by atoms with van der Waals surface area (Å²) < 4.78 is 0. The van der Waals surface area contributed by atoms with Gasteiger partial charge in [-0.2, -0.15) is 0 Å². The highest BCUT2D eigenvalue weighted by molar-refractivity contribution is 5.63. The van der Waals surface area contributed by atoms with Gasteiger partial charge in [0.1, 0.15) is 11.6 Å². The first-order chi connectivity index (χ1) is 12.8. The predicted octanol–water partition coefficient (Wildman–Crippen LogP) is 4.06. The molecular formula is C21H23N5. The fourth-order valence-corrected chi connectivity index (χ4v) is 3.21. The highest BCUT2D eigenvalue weighted by Crippen LogP contribution is 2.26. The Morgan fingerprint density at radius 2 is 1.92 bits per heavy atom. The van der Waals surface area contributed by atoms with Gasteiger partial charge in [-0.05, 0) is 50.6 Å². The van der Waals surface area contributed by atoms with Crippen LogP contribution in [0.1, 0.15) is 30.1 Å². The second-order valence-corrected chi connectivity index (χ2v) is 6.75. The molecule has 2 N–H and O–H groups in total. The Bertz CT molecular complexity index is 855. The molecule has 1 unspecified atom stereocenters. The average Bonchev–Trinajstić information content (AvgIpc) is 2.71. The topological polar surface area (TPSA) is 62.7 Å². The summed E-state index contributed by atoms with van der Waals surface area (Å²) in [4.78, 5) is 14.1. The summed E-state index contributed by atoms with van der Waals surface area (Å²) in [5.74, 6) is 2.03. The number of hydrogen-bond acceptors (Lipinski definition) is 5. The van der Waals surface area contributed by atoms with E-state index in [1.807, 2.05) is 24.3 Å². The minimum atomic E-state index is 0.339. The molecule has 0 saturated carbocycles. The summed E-state index contributed by atoms with van der Waals surface area (Å²) in [7, 11) is 0. The summed E-state index contributed by atoms with van der Waals surface area (Å²) in [6.07, 6.45) is 4.07.